The number of aromatic nitrogens is 2. The highest BCUT2D eigenvalue weighted by molar-refractivity contribution is 5.87. The summed E-state index contributed by atoms with van der Waals surface area (Å²) in [6, 6.07) is 0. The van der Waals surface area contributed by atoms with Gasteiger partial charge in [0.25, 0.3) is 0 Å². The molecular weight excluding hydrogens is 801 g/mol. The molecule has 10 fully saturated rings. The van der Waals surface area contributed by atoms with E-state index < -0.39 is 17.2 Å². The topological polar surface area (TPSA) is 117 Å². The van der Waals surface area contributed by atoms with Crippen LogP contribution in [0.3, 0.4) is 0 Å². The van der Waals surface area contributed by atoms with Crippen molar-refractivity contribution in [1.82, 2.24) is 9.97 Å². The molecule has 2 spiro atoms. The van der Waals surface area contributed by atoms with E-state index >= 15 is 0 Å². The minimum Gasteiger partial charge on any atom is -0.384 e. The van der Waals surface area contributed by atoms with Gasteiger partial charge >= 0.3 is 0 Å². The van der Waals surface area contributed by atoms with Gasteiger partial charge in [0.1, 0.15) is 17.2 Å². The number of hydrogen-bond donors (Lipinski definition) is 1. The molecule has 1 N–H and O–H groups in total. The second-order valence-electron chi connectivity index (χ2n) is 27.1. The fourth-order valence-corrected chi connectivity index (χ4v) is 20.5. The Labute approximate surface area is 382 Å². The van der Waals surface area contributed by atoms with Gasteiger partial charge in [0, 0.05) is 54.8 Å². The largest absolute Gasteiger partial charge is 0.384 e. The number of ketones is 2. The lowest BCUT2D eigenvalue weighted by atomic mass is 9.43. The Bertz CT molecular complexity index is 2220. The Hall–Kier alpha value is -1.78. The molecule has 9 nitrogen and oxygen atoms in total. The van der Waals surface area contributed by atoms with Crippen molar-refractivity contribution in [3.05, 3.63) is 22.8 Å². The van der Waals surface area contributed by atoms with Crippen LogP contribution in [0.15, 0.2) is 0 Å². The first-order valence-electron chi connectivity index (χ1n) is 26.4. The molecule has 8 aliphatic carbocycles. The molecule has 22 atom stereocenters. The molecule has 350 valence electrons. The van der Waals surface area contributed by atoms with E-state index in [4.69, 9.17) is 28.9 Å². The van der Waals surface area contributed by atoms with Gasteiger partial charge in [-0.2, -0.15) is 0 Å². The number of Topliss-reactive ketones (excluding diaryl/α,β-unsaturated/α-hetero) is 2. The van der Waals surface area contributed by atoms with Crippen molar-refractivity contribution >= 4 is 11.6 Å². The average Bonchev–Trinajstić information content (AvgIpc) is 3.91. The number of aliphatic hydroxyl groups is 1. The molecule has 0 aromatic carbocycles. The molecule has 1 aromatic rings. The predicted octanol–water partition coefficient (Wildman–Crippen LogP) is 9.06. The zero-order chi connectivity index (χ0) is 44.7. The van der Waals surface area contributed by atoms with Gasteiger partial charge in [-0.05, 0) is 161 Å². The molecule has 0 unspecified atom stereocenters. The Morgan fingerprint density at radius 2 is 1.33 bits per heavy atom. The minimum absolute atomic E-state index is 0.00393. The SMILES string of the molecule is C[C@H]1CC[C@@]2(OC1)O[C@H]1C[C@H]3[C@@H]4CC[C@H]5Cc6nc7c(nc6C[C@]5(C)[C@H]4CC(=O)[C@]3(C)[C@H]1[C@@H]2C)C[C@@H]1CC[C@H]2[C@@H]3C[C@@H]4O[C@]5(C[C@H](C)C(C)(C)O5)[C@](C)(O)[C@@H]4[C@@]3(C)CC(=O)[C@@H]2[C@@]1(C)C7. The number of rotatable bonds is 0. The fourth-order valence-electron chi connectivity index (χ4n) is 20.5. The number of hydrogen-bond acceptors (Lipinski definition) is 9. The molecule has 9 heteroatoms. The van der Waals surface area contributed by atoms with E-state index in [-0.39, 0.29) is 75.0 Å². The van der Waals surface area contributed by atoms with Gasteiger partial charge in [-0.15, -0.1) is 0 Å². The van der Waals surface area contributed by atoms with Crippen LogP contribution in [0.5, 0.6) is 0 Å². The molecule has 13 rings (SSSR count). The van der Waals surface area contributed by atoms with E-state index in [1.54, 1.807) is 0 Å². The zero-order valence-corrected chi connectivity index (χ0v) is 40.8. The van der Waals surface area contributed by atoms with Crippen LogP contribution < -0.4 is 0 Å². The lowest BCUT2D eigenvalue weighted by Crippen LogP contribution is -2.61. The highest BCUT2D eigenvalue weighted by Gasteiger charge is 2.78. The summed E-state index contributed by atoms with van der Waals surface area (Å²) in [4.78, 5) is 41.1. The number of ether oxygens (including phenoxy) is 4. The highest BCUT2D eigenvalue weighted by atomic mass is 16.7. The number of nitrogens with zero attached hydrogens (tertiary/aromatic N) is 2. The third-order valence-electron chi connectivity index (χ3n) is 24.0. The number of carbonyl (C=O) groups is 2. The van der Waals surface area contributed by atoms with Crippen LogP contribution in [-0.4, -0.2) is 68.2 Å². The Kier molecular flexibility index (Phi) is 8.53. The molecule has 6 saturated carbocycles. The van der Waals surface area contributed by atoms with E-state index in [9.17, 15) is 14.7 Å². The summed E-state index contributed by atoms with van der Waals surface area (Å²) < 4.78 is 27.2. The summed E-state index contributed by atoms with van der Waals surface area (Å²) in [5.41, 5.74) is 2.36. The quantitative estimate of drug-likeness (QED) is 0.273. The van der Waals surface area contributed by atoms with Gasteiger partial charge < -0.3 is 24.1 Å². The predicted molar refractivity (Wildman–Crippen MR) is 239 cm³/mol. The van der Waals surface area contributed by atoms with Gasteiger partial charge in [-0.25, -0.2) is 0 Å². The van der Waals surface area contributed by atoms with Crippen LogP contribution in [0.4, 0.5) is 0 Å². The molecule has 0 bridgehead atoms. The summed E-state index contributed by atoms with van der Waals surface area (Å²) in [5, 5.41) is 12.6. The van der Waals surface area contributed by atoms with Crippen LogP contribution in [-0.2, 0) is 54.2 Å². The second kappa shape index (κ2) is 12.9. The maximum atomic E-state index is 15.0. The molecule has 64 heavy (non-hydrogen) atoms. The fraction of sp³-hybridized carbons (Fsp3) is 0.891. The van der Waals surface area contributed by atoms with E-state index in [0.29, 0.717) is 72.3 Å². The van der Waals surface area contributed by atoms with Crippen molar-refractivity contribution in [2.45, 2.75) is 201 Å². The minimum atomic E-state index is -1.17. The smallest absolute Gasteiger partial charge is 0.198 e. The lowest BCUT2D eigenvalue weighted by Gasteiger charge is -2.60. The van der Waals surface area contributed by atoms with Crippen LogP contribution in [0.2, 0.25) is 0 Å². The van der Waals surface area contributed by atoms with Crippen molar-refractivity contribution in [3.63, 3.8) is 0 Å². The first-order valence-corrected chi connectivity index (χ1v) is 26.4. The molecule has 4 aliphatic heterocycles. The number of carbonyl (C=O) groups excluding carboxylic acids is 2. The third-order valence-corrected chi connectivity index (χ3v) is 24.0. The van der Waals surface area contributed by atoms with Crippen molar-refractivity contribution < 1.29 is 33.6 Å². The van der Waals surface area contributed by atoms with Gasteiger partial charge in [0.2, 0.25) is 0 Å². The van der Waals surface area contributed by atoms with Crippen LogP contribution in [0.1, 0.15) is 163 Å². The van der Waals surface area contributed by atoms with Crippen molar-refractivity contribution in [1.29, 1.82) is 0 Å². The molecule has 12 aliphatic rings. The average molecular weight is 879 g/mol. The molecule has 1 aromatic heterocycles. The molecule has 4 saturated heterocycles. The lowest BCUT2D eigenvalue weighted by molar-refractivity contribution is -0.298. The van der Waals surface area contributed by atoms with Crippen molar-refractivity contribution in [3.8, 4) is 0 Å². The highest BCUT2D eigenvalue weighted by Crippen LogP contribution is 2.73. The molecule has 5 heterocycles. The molecule has 0 radical (unpaired) electrons. The Morgan fingerprint density at radius 1 is 0.672 bits per heavy atom. The van der Waals surface area contributed by atoms with E-state index in [0.717, 1.165) is 76.5 Å². The third kappa shape index (κ3) is 5.01. The zero-order valence-electron chi connectivity index (χ0n) is 40.8. The first-order chi connectivity index (χ1) is 30.1. The van der Waals surface area contributed by atoms with Crippen molar-refractivity contribution in [2.75, 3.05) is 6.61 Å². The van der Waals surface area contributed by atoms with E-state index in [2.05, 4.69) is 62.3 Å². The summed E-state index contributed by atoms with van der Waals surface area (Å²) in [5.74, 6) is 3.32. The molecule has 0 amide bonds. The van der Waals surface area contributed by atoms with Gasteiger partial charge in [-0.1, -0.05) is 48.5 Å². The Morgan fingerprint density at radius 3 is 1.98 bits per heavy atom. The van der Waals surface area contributed by atoms with Crippen molar-refractivity contribution in [2.24, 2.45) is 98.6 Å². The van der Waals surface area contributed by atoms with Crippen LogP contribution in [0.25, 0.3) is 0 Å². The Balaban J connectivity index is 0.751. The van der Waals surface area contributed by atoms with E-state index in [1.165, 1.54) is 29.9 Å². The van der Waals surface area contributed by atoms with E-state index in [1.807, 2.05) is 6.92 Å². The standard InChI is InChI=1S/C55H78N2O7/c1-27-15-16-54(61-26-27)29(3)45-42(62-54)20-36-32-13-11-30-17-37-39(23-49(30,6)35(32)21-44(59)52(36,45)9)56-38-18-31-12-14-33-34-19-43-47(53(10,60)55(63-43)22-28(2)48(4,5)64-55)51(34,8)25-41(58)46(33)50(31,7)24-40(38)57-37/h27-36,42-43,45-47,60H,11-26H2,1-10H3/t27-,28-,29-,30-,31-,32+,33-,34-,35-,36-,42-,43-,45-,46+,47-,49-,50-,51-,52+,53+,54+,55-/m0/s1. The maximum Gasteiger partial charge on any atom is 0.198 e. The summed E-state index contributed by atoms with van der Waals surface area (Å²) in [6.07, 6.45) is 14.0. The monoisotopic (exact) mass is 879 g/mol. The van der Waals surface area contributed by atoms with Gasteiger partial charge in [-0.3, -0.25) is 19.6 Å². The second-order valence-corrected chi connectivity index (χ2v) is 27.1. The number of fused-ring (bicyclic) bond motifs is 16. The normalized spacial score (nSPS) is 58.4. The van der Waals surface area contributed by atoms with Gasteiger partial charge in [0.15, 0.2) is 11.6 Å². The molecular formula is C55H78N2O7. The first kappa shape index (κ1) is 42.3. The van der Waals surface area contributed by atoms with Gasteiger partial charge in [0.05, 0.1) is 47.2 Å². The summed E-state index contributed by atoms with van der Waals surface area (Å²) in [7, 11) is 0. The van der Waals surface area contributed by atoms with Crippen LogP contribution in [0, 0.1) is 98.6 Å². The summed E-state index contributed by atoms with van der Waals surface area (Å²) >= 11 is 0. The summed E-state index contributed by atoms with van der Waals surface area (Å²) in [6.45, 7) is 23.4. The maximum absolute atomic E-state index is 15.0. The van der Waals surface area contributed by atoms with Crippen LogP contribution >= 0.6 is 0 Å².